The summed E-state index contributed by atoms with van der Waals surface area (Å²) in [6.45, 7) is 8.68. The number of aromatic amines is 1. The average Bonchev–Trinajstić information content (AvgIpc) is 3.56. The van der Waals surface area contributed by atoms with Crippen LogP contribution in [0.3, 0.4) is 0 Å². The molecule has 3 atom stereocenters. The van der Waals surface area contributed by atoms with Crippen LogP contribution in [0.2, 0.25) is 0 Å². The molecule has 0 bridgehead atoms. The number of H-pyrrole nitrogens is 1. The van der Waals surface area contributed by atoms with Crippen molar-refractivity contribution in [2.45, 2.75) is 90.8 Å². The van der Waals surface area contributed by atoms with E-state index < -0.39 is 39.8 Å². The number of halogens is 3. The molecule has 0 radical (unpaired) electrons. The largest absolute Gasteiger partial charge is 0.496 e. The molecule has 3 heterocycles. The van der Waals surface area contributed by atoms with Crippen LogP contribution in [0.5, 0.6) is 5.75 Å². The summed E-state index contributed by atoms with van der Waals surface area (Å²) in [5.74, 6) is -0.0732. The molecule has 5 N–H and O–H groups in total. The Morgan fingerprint density at radius 2 is 1.83 bits per heavy atom. The van der Waals surface area contributed by atoms with Gasteiger partial charge in [0.2, 0.25) is 17.7 Å². The van der Waals surface area contributed by atoms with Gasteiger partial charge < -0.3 is 25.7 Å². The third-order valence-electron chi connectivity index (χ3n) is 10.6. The monoisotopic (exact) mass is 917 g/mol. The maximum absolute atomic E-state index is 12.4. The molecule has 2 aromatic heterocycles. The summed E-state index contributed by atoms with van der Waals surface area (Å²) in [4.78, 5) is 56.7. The number of ether oxygens (including phenoxy) is 1. The van der Waals surface area contributed by atoms with E-state index in [-0.39, 0.29) is 29.7 Å². The van der Waals surface area contributed by atoms with Crippen LogP contribution >= 0.6 is 11.3 Å². The van der Waals surface area contributed by atoms with E-state index in [1.165, 1.54) is 50.4 Å². The minimum Gasteiger partial charge on any atom is -0.496 e. The van der Waals surface area contributed by atoms with Gasteiger partial charge >= 0.3 is 16.4 Å². The molecule has 344 valence electrons. The fourth-order valence-electron chi connectivity index (χ4n) is 6.67. The number of alkyl halides is 3. The number of carbonyl (C=O) groups is 3. The van der Waals surface area contributed by atoms with Gasteiger partial charge in [0.05, 0.1) is 36.1 Å². The smallest absolute Gasteiger partial charge is 0.416 e. The Morgan fingerprint density at radius 3 is 2.41 bits per heavy atom. The zero-order chi connectivity index (χ0) is 46.6. The highest BCUT2D eigenvalue weighted by Crippen LogP contribution is 2.40. The standard InChI is InChI=1S/C17H18N2O2S.C14H16F3N3O2.C13H24N2O3S/c1-9(2)13-8-22-17(19-13)12-7-14(20)11-5-6-15(21-4)10(3)16(11)18-12;15-14(16,17)9-3-5-10(6-4-9)19-8-12(21)20-7-1-2-11(20)13(18)22;1-4-5-6-7-8-9-11-10-12(11)13(16)14-19(17,18)15(2)3/h5-9H,1-4H3,(H,18,20);3-6,11,19H,1-2,7-8H2,(H2,18,22);8-9,11-12H,4-7,10H2,1-3H3,(H,14,16)/b;;9-8-. The molecule has 0 spiro atoms. The maximum atomic E-state index is 12.4. The summed E-state index contributed by atoms with van der Waals surface area (Å²) in [6.07, 6.45) is 6.39. The van der Waals surface area contributed by atoms with Crippen LogP contribution in [0.4, 0.5) is 18.9 Å². The molecule has 3 unspecified atom stereocenters. The quantitative estimate of drug-likeness (QED) is 0.0695. The molecule has 2 aliphatic rings. The molecule has 2 fully saturated rings. The molecule has 1 saturated heterocycles. The minimum atomic E-state index is -4.39. The van der Waals surface area contributed by atoms with Crippen LogP contribution in [-0.4, -0.2) is 85.6 Å². The van der Waals surface area contributed by atoms with Gasteiger partial charge in [0.1, 0.15) is 16.8 Å². The van der Waals surface area contributed by atoms with Gasteiger partial charge in [-0.3, -0.25) is 19.2 Å². The third kappa shape index (κ3) is 14.1. The summed E-state index contributed by atoms with van der Waals surface area (Å²) in [5, 5.41) is 6.30. The number of unbranched alkanes of at least 4 members (excludes halogenated alkanes) is 3. The van der Waals surface area contributed by atoms with Crippen molar-refractivity contribution in [1.29, 1.82) is 0 Å². The number of hydrogen-bond donors (Lipinski definition) is 4. The van der Waals surface area contributed by atoms with Crippen molar-refractivity contribution in [1.82, 2.24) is 23.9 Å². The van der Waals surface area contributed by atoms with Crippen molar-refractivity contribution in [3.63, 3.8) is 0 Å². The number of thiazole rings is 1. The van der Waals surface area contributed by atoms with Gasteiger partial charge in [0.25, 0.3) is 0 Å². The van der Waals surface area contributed by atoms with Crippen LogP contribution in [0.1, 0.15) is 88.5 Å². The highest BCUT2D eigenvalue weighted by molar-refractivity contribution is 7.87. The van der Waals surface area contributed by atoms with E-state index in [2.05, 4.69) is 46.9 Å². The van der Waals surface area contributed by atoms with Crippen molar-refractivity contribution in [3.05, 3.63) is 87.0 Å². The number of benzene rings is 2. The van der Waals surface area contributed by atoms with E-state index in [0.29, 0.717) is 36.4 Å². The number of fused-ring (bicyclic) bond motifs is 1. The Labute approximate surface area is 370 Å². The first kappa shape index (κ1) is 50.4. The van der Waals surface area contributed by atoms with Crippen LogP contribution in [0, 0.1) is 18.8 Å². The number of allylic oxidation sites excluding steroid dienone is 2. The lowest BCUT2D eigenvalue weighted by atomic mass is 10.1. The number of anilines is 1. The highest BCUT2D eigenvalue weighted by atomic mass is 32.2. The number of nitrogens with two attached hydrogens (primary N) is 1. The number of primary amides is 1. The summed E-state index contributed by atoms with van der Waals surface area (Å²) in [5.41, 5.74) is 8.41. The Bertz CT molecular complexity index is 2400. The van der Waals surface area contributed by atoms with Gasteiger partial charge in [-0.15, -0.1) is 11.3 Å². The fourth-order valence-corrected chi connectivity index (χ4v) is 8.21. The zero-order valence-corrected chi connectivity index (χ0v) is 38.3. The summed E-state index contributed by atoms with van der Waals surface area (Å²) < 4.78 is 68.7. The molecule has 4 aromatic rings. The van der Waals surface area contributed by atoms with E-state index in [0.717, 1.165) is 62.5 Å². The summed E-state index contributed by atoms with van der Waals surface area (Å²) in [7, 11) is 0.775. The zero-order valence-electron chi connectivity index (χ0n) is 36.7. The van der Waals surface area contributed by atoms with Crippen molar-refractivity contribution in [3.8, 4) is 16.5 Å². The number of rotatable bonds is 15. The van der Waals surface area contributed by atoms with Gasteiger partial charge in [-0.05, 0) is 87.3 Å². The lowest BCUT2D eigenvalue weighted by Crippen LogP contribution is -2.45. The first-order valence-electron chi connectivity index (χ1n) is 20.8. The van der Waals surface area contributed by atoms with Crippen LogP contribution < -0.4 is 25.9 Å². The Hall–Kier alpha value is -5.27. The third-order valence-corrected chi connectivity index (χ3v) is 12.9. The van der Waals surface area contributed by atoms with Crippen molar-refractivity contribution < 1.29 is 40.7 Å². The number of aromatic nitrogens is 2. The number of likely N-dealkylation sites (tertiary alicyclic amines) is 1. The molecule has 2 aromatic carbocycles. The minimum absolute atomic E-state index is 0.00389. The lowest BCUT2D eigenvalue weighted by Gasteiger charge is -2.22. The topological polar surface area (TPSA) is 197 Å². The summed E-state index contributed by atoms with van der Waals surface area (Å²) in [6, 6.07) is 9.04. The Morgan fingerprint density at radius 1 is 1.13 bits per heavy atom. The van der Waals surface area contributed by atoms with E-state index in [4.69, 9.17) is 10.5 Å². The van der Waals surface area contributed by atoms with Gasteiger partial charge in [-0.1, -0.05) is 45.8 Å². The van der Waals surface area contributed by atoms with Crippen molar-refractivity contribution >= 4 is 55.9 Å². The van der Waals surface area contributed by atoms with Gasteiger partial charge in [0.15, 0.2) is 5.43 Å². The molecule has 14 nitrogen and oxygen atoms in total. The predicted octanol–water partition coefficient (Wildman–Crippen LogP) is 7.37. The number of nitrogens with zero attached hydrogens (tertiary/aromatic N) is 3. The number of aryl methyl sites for hydroxylation is 1. The first-order valence-corrected chi connectivity index (χ1v) is 23.1. The molecule has 1 aliphatic heterocycles. The molecule has 63 heavy (non-hydrogen) atoms. The number of pyridine rings is 1. The molecule has 19 heteroatoms. The molecule has 6 rings (SSSR count). The summed E-state index contributed by atoms with van der Waals surface area (Å²) >= 11 is 1.55. The lowest BCUT2D eigenvalue weighted by molar-refractivity contribution is -0.137. The number of nitrogens with one attached hydrogen (secondary N) is 3. The van der Waals surface area contributed by atoms with E-state index in [1.807, 2.05) is 24.4 Å². The van der Waals surface area contributed by atoms with Crippen molar-refractivity contribution in [2.24, 2.45) is 17.6 Å². The van der Waals surface area contributed by atoms with Gasteiger partial charge in [-0.2, -0.15) is 25.9 Å². The van der Waals surface area contributed by atoms with Crippen LogP contribution in [0.15, 0.2) is 64.8 Å². The molecule has 3 amide bonds. The molecular weight excluding hydrogens is 860 g/mol. The predicted molar refractivity (Wildman–Crippen MR) is 241 cm³/mol. The second-order valence-electron chi connectivity index (χ2n) is 15.9. The Balaban J connectivity index is 0.000000208. The second kappa shape index (κ2) is 22.4. The maximum Gasteiger partial charge on any atom is 0.416 e. The molecule has 1 saturated carbocycles. The SMILES string of the molecule is CCCCC/C=C\C1CC1C(=O)NS(=O)(=O)N(C)C.COc1ccc2c(=O)cc(-c3nc(C(C)C)cs3)[nH]c2c1C.NC(=O)C1CCCN1C(=O)CNc1ccc(C(F)(F)F)cc1. The van der Waals surface area contributed by atoms with E-state index >= 15 is 0 Å². The van der Waals surface area contributed by atoms with Crippen LogP contribution in [0.25, 0.3) is 21.6 Å². The van der Waals surface area contributed by atoms with Crippen LogP contribution in [-0.2, 0) is 30.8 Å². The van der Waals surface area contributed by atoms with Crippen molar-refractivity contribution in [2.75, 3.05) is 39.6 Å². The number of methoxy groups -OCH3 is 1. The number of carbonyl (C=O) groups excluding carboxylic acids is 3. The number of hydrogen-bond acceptors (Lipinski definition) is 10. The first-order chi connectivity index (χ1) is 29.7. The number of amides is 3. The highest BCUT2D eigenvalue weighted by Gasteiger charge is 2.42. The van der Waals surface area contributed by atoms with E-state index in [9.17, 15) is 40.8 Å². The van der Waals surface area contributed by atoms with Gasteiger partial charge in [-0.25, -0.2) is 9.71 Å². The van der Waals surface area contributed by atoms with E-state index in [1.54, 1.807) is 30.6 Å². The average molecular weight is 918 g/mol. The molecular formula is C44H58F3N7O7S2. The van der Waals surface area contributed by atoms with Gasteiger partial charge in [0, 0.05) is 54.6 Å². The molecule has 1 aliphatic carbocycles. The normalized spacial score (nSPS) is 17.3. The Kier molecular flexibility index (Phi) is 17.9. The second-order valence-corrected chi connectivity index (χ2v) is 18.6. The fraction of sp³-hybridized carbons (Fsp3) is 0.477.